The van der Waals surface area contributed by atoms with Gasteiger partial charge in [0.1, 0.15) is 0 Å². The largest absolute Gasteiger partial charge is 0.393 e. The number of anilines is 1. The van der Waals surface area contributed by atoms with Crippen molar-refractivity contribution in [2.24, 2.45) is 5.73 Å². The van der Waals surface area contributed by atoms with E-state index in [1.54, 1.807) is 0 Å². The van der Waals surface area contributed by atoms with E-state index in [4.69, 9.17) is 18.0 Å². The van der Waals surface area contributed by atoms with Gasteiger partial charge in [-0.25, -0.2) is 0 Å². The molecule has 0 saturated heterocycles. The summed E-state index contributed by atoms with van der Waals surface area (Å²) in [7, 11) is 0. The summed E-state index contributed by atoms with van der Waals surface area (Å²) in [6, 6.07) is 2.68. The van der Waals surface area contributed by atoms with E-state index in [1.165, 1.54) is 18.5 Å². The Morgan fingerprint density at radius 2 is 2.38 bits per heavy atom. The van der Waals surface area contributed by atoms with Gasteiger partial charge in [0.25, 0.3) is 0 Å². The van der Waals surface area contributed by atoms with E-state index >= 15 is 0 Å². The van der Waals surface area contributed by atoms with Gasteiger partial charge in [-0.1, -0.05) is 12.2 Å². The molecule has 0 spiro atoms. The fourth-order valence-electron chi connectivity index (χ4n) is 1.72. The number of pyridine rings is 1. The first-order valence-corrected chi connectivity index (χ1v) is 6.53. The molecule has 0 radical (unpaired) electrons. The lowest BCUT2D eigenvalue weighted by atomic mass is 10.3. The molecule has 1 aliphatic carbocycles. The molecule has 1 aliphatic rings. The fraction of sp³-hybridized carbons (Fsp3) is 0.455. The number of hydrogen-bond donors (Lipinski definition) is 1. The normalized spacial score (nSPS) is 14.8. The SMILES string of the molecule is NC(=S)CCN(c1ccncc1Br)C1CC1. The average Bonchev–Trinajstić information content (AvgIpc) is 3.04. The molecule has 16 heavy (non-hydrogen) atoms. The lowest BCUT2D eigenvalue weighted by Crippen LogP contribution is -2.29. The summed E-state index contributed by atoms with van der Waals surface area (Å²) in [5.41, 5.74) is 6.75. The van der Waals surface area contributed by atoms with Gasteiger partial charge in [-0.3, -0.25) is 4.98 Å². The zero-order valence-corrected chi connectivity index (χ0v) is 11.3. The summed E-state index contributed by atoms with van der Waals surface area (Å²) >= 11 is 8.46. The molecule has 0 aliphatic heterocycles. The second-order valence-electron chi connectivity index (χ2n) is 3.97. The Morgan fingerprint density at radius 3 is 2.94 bits per heavy atom. The quantitative estimate of drug-likeness (QED) is 0.848. The van der Waals surface area contributed by atoms with E-state index in [0.29, 0.717) is 11.0 Å². The van der Waals surface area contributed by atoms with Crippen LogP contribution in [0.3, 0.4) is 0 Å². The van der Waals surface area contributed by atoms with Crippen LogP contribution in [-0.4, -0.2) is 22.6 Å². The maximum Gasteiger partial charge on any atom is 0.0745 e. The van der Waals surface area contributed by atoms with Crippen molar-refractivity contribution in [3.8, 4) is 0 Å². The lowest BCUT2D eigenvalue weighted by Gasteiger charge is -2.25. The third-order valence-electron chi connectivity index (χ3n) is 2.65. The summed E-state index contributed by atoms with van der Waals surface area (Å²) in [5, 5.41) is 0. The number of thiocarbonyl (C=S) groups is 1. The van der Waals surface area contributed by atoms with Gasteiger partial charge in [0, 0.05) is 31.4 Å². The highest BCUT2D eigenvalue weighted by atomic mass is 79.9. The Hall–Kier alpha value is -0.680. The molecule has 0 aromatic carbocycles. The predicted octanol–water partition coefficient (Wildman–Crippen LogP) is 2.49. The summed E-state index contributed by atoms with van der Waals surface area (Å²) in [6.07, 6.45) is 6.92. The van der Waals surface area contributed by atoms with Crippen LogP contribution in [0.25, 0.3) is 0 Å². The zero-order chi connectivity index (χ0) is 11.5. The summed E-state index contributed by atoms with van der Waals surface area (Å²) in [6.45, 7) is 0.891. The van der Waals surface area contributed by atoms with Gasteiger partial charge in [-0.2, -0.15) is 0 Å². The van der Waals surface area contributed by atoms with Crippen molar-refractivity contribution < 1.29 is 0 Å². The number of rotatable bonds is 5. The maximum absolute atomic E-state index is 5.56. The van der Waals surface area contributed by atoms with E-state index in [0.717, 1.165) is 17.4 Å². The van der Waals surface area contributed by atoms with Crippen LogP contribution < -0.4 is 10.6 Å². The molecule has 2 rings (SSSR count). The topological polar surface area (TPSA) is 42.1 Å². The van der Waals surface area contributed by atoms with Gasteiger partial charge in [0.15, 0.2) is 0 Å². The Labute approximate surface area is 109 Å². The lowest BCUT2D eigenvalue weighted by molar-refractivity contribution is 0.798. The maximum atomic E-state index is 5.56. The number of aromatic nitrogens is 1. The van der Waals surface area contributed by atoms with Crippen LogP contribution >= 0.6 is 28.1 Å². The number of nitrogens with two attached hydrogens (primary N) is 1. The van der Waals surface area contributed by atoms with E-state index in [-0.39, 0.29) is 0 Å². The van der Waals surface area contributed by atoms with Crippen molar-refractivity contribution in [1.82, 2.24) is 4.98 Å². The Kier molecular flexibility index (Phi) is 3.76. The third-order valence-corrected chi connectivity index (χ3v) is 3.46. The van der Waals surface area contributed by atoms with Gasteiger partial charge in [0.05, 0.1) is 15.1 Å². The summed E-state index contributed by atoms with van der Waals surface area (Å²) < 4.78 is 1.03. The second kappa shape index (κ2) is 5.10. The molecule has 1 saturated carbocycles. The molecule has 86 valence electrons. The number of hydrogen-bond acceptors (Lipinski definition) is 3. The summed E-state index contributed by atoms with van der Waals surface area (Å²) in [5.74, 6) is 0. The monoisotopic (exact) mass is 299 g/mol. The highest BCUT2D eigenvalue weighted by Gasteiger charge is 2.29. The third kappa shape index (κ3) is 2.92. The van der Waals surface area contributed by atoms with Crippen LogP contribution in [0.5, 0.6) is 0 Å². The van der Waals surface area contributed by atoms with Crippen LogP contribution in [0, 0.1) is 0 Å². The minimum atomic E-state index is 0.579. The molecule has 1 fully saturated rings. The molecule has 5 heteroatoms. The Morgan fingerprint density at radius 1 is 1.62 bits per heavy atom. The Bertz CT molecular complexity index is 393. The molecular weight excluding hydrogens is 286 g/mol. The van der Waals surface area contributed by atoms with Crippen molar-refractivity contribution in [2.75, 3.05) is 11.4 Å². The van der Waals surface area contributed by atoms with Gasteiger partial charge < -0.3 is 10.6 Å². The molecule has 0 bridgehead atoms. The molecule has 2 N–H and O–H groups in total. The van der Waals surface area contributed by atoms with Crippen LogP contribution in [0.4, 0.5) is 5.69 Å². The molecular formula is C11H14BrN3S. The number of halogens is 1. The van der Waals surface area contributed by atoms with Gasteiger partial charge >= 0.3 is 0 Å². The molecule has 1 heterocycles. The van der Waals surface area contributed by atoms with Crippen molar-refractivity contribution in [2.45, 2.75) is 25.3 Å². The highest BCUT2D eigenvalue weighted by molar-refractivity contribution is 9.10. The van der Waals surface area contributed by atoms with Gasteiger partial charge in [-0.05, 0) is 34.8 Å². The average molecular weight is 300 g/mol. The van der Waals surface area contributed by atoms with E-state index in [9.17, 15) is 0 Å². The standard InChI is InChI=1S/C11H14BrN3S/c12-9-7-14-5-3-10(9)15(8-1-2-8)6-4-11(13)16/h3,5,7-8H,1-2,4,6H2,(H2,13,16). The predicted molar refractivity (Wildman–Crippen MR) is 73.7 cm³/mol. The molecule has 0 amide bonds. The second-order valence-corrected chi connectivity index (χ2v) is 5.35. The van der Waals surface area contributed by atoms with Crippen molar-refractivity contribution in [3.05, 3.63) is 22.9 Å². The molecule has 3 nitrogen and oxygen atoms in total. The minimum Gasteiger partial charge on any atom is -0.393 e. The van der Waals surface area contributed by atoms with Crippen LogP contribution in [0.15, 0.2) is 22.9 Å². The molecule has 0 unspecified atom stereocenters. The van der Waals surface area contributed by atoms with Crippen LogP contribution in [0.2, 0.25) is 0 Å². The fourth-order valence-corrected chi connectivity index (χ4v) is 2.29. The zero-order valence-electron chi connectivity index (χ0n) is 8.90. The molecule has 1 aromatic rings. The number of nitrogens with zero attached hydrogens (tertiary/aromatic N) is 2. The highest BCUT2D eigenvalue weighted by Crippen LogP contribution is 2.35. The van der Waals surface area contributed by atoms with E-state index in [1.807, 2.05) is 18.5 Å². The van der Waals surface area contributed by atoms with Crippen LogP contribution in [0.1, 0.15) is 19.3 Å². The van der Waals surface area contributed by atoms with Crippen molar-refractivity contribution in [1.29, 1.82) is 0 Å². The smallest absolute Gasteiger partial charge is 0.0745 e. The summed E-state index contributed by atoms with van der Waals surface area (Å²) in [4.78, 5) is 7.02. The Balaban J connectivity index is 2.12. The van der Waals surface area contributed by atoms with E-state index in [2.05, 4.69) is 25.8 Å². The molecule has 0 atom stereocenters. The first-order chi connectivity index (χ1) is 7.68. The van der Waals surface area contributed by atoms with Crippen LogP contribution in [-0.2, 0) is 0 Å². The van der Waals surface area contributed by atoms with E-state index < -0.39 is 0 Å². The first-order valence-electron chi connectivity index (χ1n) is 5.33. The minimum absolute atomic E-state index is 0.579. The van der Waals surface area contributed by atoms with Crippen molar-refractivity contribution >= 4 is 38.8 Å². The molecule has 1 aromatic heterocycles. The first kappa shape index (κ1) is 11.8. The van der Waals surface area contributed by atoms with Gasteiger partial charge in [0.2, 0.25) is 0 Å². The van der Waals surface area contributed by atoms with Crippen molar-refractivity contribution in [3.63, 3.8) is 0 Å². The van der Waals surface area contributed by atoms with Gasteiger partial charge in [-0.15, -0.1) is 0 Å².